The van der Waals surface area contributed by atoms with Gasteiger partial charge in [-0.2, -0.15) is 0 Å². The molecule has 1 N–H and O–H groups in total. The third kappa shape index (κ3) is 3.29. The van der Waals surface area contributed by atoms with Crippen molar-refractivity contribution in [2.45, 2.75) is 20.4 Å². The minimum Gasteiger partial charge on any atom is -0.495 e. The summed E-state index contributed by atoms with van der Waals surface area (Å²) < 4.78 is 5.14. The predicted octanol–water partition coefficient (Wildman–Crippen LogP) is 3.42. The van der Waals surface area contributed by atoms with Crippen LogP contribution in [0.1, 0.15) is 16.8 Å². The molecule has 0 fully saturated rings. The zero-order valence-corrected chi connectivity index (χ0v) is 13.1. The molecule has 0 saturated heterocycles. The van der Waals surface area contributed by atoms with Crippen molar-refractivity contribution in [3.05, 3.63) is 33.1 Å². The van der Waals surface area contributed by atoms with Gasteiger partial charge in [0.2, 0.25) is 5.91 Å². The summed E-state index contributed by atoms with van der Waals surface area (Å²) in [6, 6.07) is 5.55. The lowest BCUT2D eigenvalue weighted by atomic mass is 10.1. The van der Waals surface area contributed by atoms with Gasteiger partial charge in [-0.1, -0.05) is 11.6 Å². The van der Waals surface area contributed by atoms with E-state index in [0.717, 1.165) is 21.1 Å². The lowest BCUT2D eigenvalue weighted by Crippen LogP contribution is -2.18. The van der Waals surface area contributed by atoms with Crippen molar-refractivity contribution in [3.8, 4) is 17.0 Å². The molecular formula is C14H15ClN2O2S. The lowest BCUT2D eigenvalue weighted by molar-refractivity contribution is -0.119. The van der Waals surface area contributed by atoms with Crippen LogP contribution in [0.4, 0.5) is 0 Å². The lowest BCUT2D eigenvalue weighted by Gasteiger charge is -2.06. The molecule has 0 aliphatic carbocycles. The largest absolute Gasteiger partial charge is 0.495 e. The van der Waals surface area contributed by atoms with Crippen molar-refractivity contribution in [1.29, 1.82) is 0 Å². The maximum absolute atomic E-state index is 11.0. The Morgan fingerprint density at radius 2 is 2.25 bits per heavy atom. The third-order valence-corrected chi connectivity index (χ3v) is 3.99. The van der Waals surface area contributed by atoms with Crippen molar-refractivity contribution in [1.82, 2.24) is 10.3 Å². The van der Waals surface area contributed by atoms with Crippen molar-refractivity contribution in [2.75, 3.05) is 7.11 Å². The molecule has 1 amide bonds. The van der Waals surface area contributed by atoms with Crippen molar-refractivity contribution >= 4 is 28.8 Å². The normalized spacial score (nSPS) is 10.4. The first-order valence-electron chi connectivity index (χ1n) is 6.06. The summed E-state index contributed by atoms with van der Waals surface area (Å²) in [5.74, 6) is 0.570. The maximum Gasteiger partial charge on any atom is 0.217 e. The summed E-state index contributed by atoms with van der Waals surface area (Å²) in [7, 11) is 1.58. The molecule has 4 nitrogen and oxygen atoms in total. The Balaban J connectivity index is 2.36. The molecule has 0 aliphatic rings. The van der Waals surface area contributed by atoms with E-state index in [4.69, 9.17) is 16.3 Å². The number of nitrogens with one attached hydrogen (secondary N) is 1. The molecule has 0 spiro atoms. The van der Waals surface area contributed by atoms with E-state index in [2.05, 4.69) is 10.3 Å². The summed E-state index contributed by atoms with van der Waals surface area (Å²) in [4.78, 5) is 16.6. The summed E-state index contributed by atoms with van der Waals surface area (Å²) in [5, 5.41) is 4.29. The first-order chi connectivity index (χ1) is 9.51. The number of benzene rings is 1. The van der Waals surface area contributed by atoms with Crippen LogP contribution in [0.25, 0.3) is 11.3 Å². The molecule has 1 heterocycles. The van der Waals surface area contributed by atoms with Crippen LogP contribution >= 0.6 is 22.9 Å². The fourth-order valence-corrected chi connectivity index (χ4v) is 2.99. The van der Waals surface area contributed by atoms with Crippen LogP contribution in [-0.2, 0) is 11.3 Å². The average molecular weight is 311 g/mol. The summed E-state index contributed by atoms with van der Waals surface area (Å²) in [6.07, 6.45) is 0. The first-order valence-corrected chi connectivity index (χ1v) is 7.25. The molecule has 0 radical (unpaired) electrons. The van der Waals surface area contributed by atoms with Gasteiger partial charge in [0.25, 0.3) is 0 Å². The van der Waals surface area contributed by atoms with Gasteiger partial charge >= 0.3 is 0 Å². The highest BCUT2D eigenvalue weighted by Gasteiger charge is 2.13. The number of ether oxygens (including phenoxy) is 1. The molecule has 20 heavy (non-hydrogen) atoms. The number of halogens is 1. The van der Waals surface area contributed by atoms with E-state index in [1.165, 1.54) is 6.92 Å². The zero-order chi connectivity index (χ0) is 14.7. The number of carbonyl (C=O) groups excluding carboxylic acids is 1. The van der Waals surface area contributed by atoms with Crippen LogP contribution in [0, 0.1) is 6.92 Å². The van der Waals surface area contributed by atoms with Gasteiger partial charge in [0, 0.05) is 12.5 Å². The quantitative estimate of drug-likeness (QED) is 0.941. The van der Waals surface area contributed by atoms with Crippen molar-refractivity contribution in [2.24, 2.45) is 0 Å². The van der Waals surface area contributed by atoms with E-state index in [0.29, 0.717) is 17.3 Å². The van der Waals surface area contributed by atoms with E-state index >= 15 is 0 Å². The van der Waals surface area contributed by atoms with E-state index in [1.807, 2.05) is 25.1 Å². The van der Waals surface area contributed by atoms with Gasteiger partial charge in [-0.3, -0.25) is 4.79 Å². The van der Waals surface area contributed by atoms with Crippen molar-refractivity contribution < 1.29 is 9.53 Å². The minimum atomic E-state index is -0.0604. The number of amides is 1. The summed E-state index contributed by atoms with van der Waals surface area (Å²) >= 11 is 7.71. The number of aromatic nitrogens is 1. The van der Waals surface area contributed by atoms with Gasteiger partial charge < -0.3 is 10.1 Å². The molecular weight excluding hydrogens is 296 g/mol. The number of hydrogen-bond donors (Lipinski definition) is 1. The van der Waals surface area contributed by atoms with Crippen LogP contribution in [-0.4, -0.2) is 18.0 Å². The molecule has 2 rings (SSSR count). The van der Waals surface area contributed by atoms with Crippen molar-refractivity contribution in [3.63, 3.8) is 0 Å². The Hall–Kier alpha value is -1.59. The minimum absolute atomic E-state index is 0.0604. The maximum atomic E-state index is 11.0. The number of thiazole rings is 1. The molecule has 0 atom stereocenters. The number of nitrogens with zero attached hydrogens (tertiary/aromatic N) is 1. The Labute approximate surface area is 126 Å². The third-order valence-electron chi connectivity index (χ3n) is 2.73. The Bertz CT molecular complexity index is 640. The van der Waals surface area contributed by atoms with Crippen LogP contribution in [0.2, 0.25) is 5.02 Å². The molecule has 0 bridgehead atoms. The second kappa shape index (κ2) is 6.24. The molecule has 1 aromatic carbocycles. The second-order valence-electron chi connectivity index (χ2n) is 4.26. The highest BCUT2D eigenvalue weighted by molar-refractivity contribution is 7.12. The van der Waals surface area contributed by atoms with Gasteiger partial charge in [0.15, 0.2) is 0 Å². The average Bonchev–Trinajstić information content (AvgIpc) is 2.77. The standard InChI is InChI=1S/C14H15ClN2O2S/c1-8(18)16-7-13-14(17-9(2)20-13)10-4-5-12(19-3)11(15)6-10/h4-6H,7H2,1-3H3,(H,16,18). The molecule has 106 valence electrons. The molecule has 6 heteroatoms. The van der Waals surface area contributed by atoms with Gasteiger partial charge in [-0.15, -0.1) is 11.3 Å². The number of carbonyl (C=O) groups is 1. The molecule has 0 aliphatic heterocycles. The first kappa shape index (κ1) is 14.8. The van der Waals surface area contributed by atoms with Gasteiger partial charge in [0.05, 0.1) is 34.3 Å². The van der Waals surface area contributed by atoms with E-state index in [-0.39, 0.29) is 5.91 Å². The monoisotopic (exact) mass is 310 g/mol. The van der Waals surface area contributed by atoms with Gasteiger partial charge in [-0.25, -0.2) is 4.98 Å². The zero-order valence-electron chi connectivity index (χ0n) is 11.5. The molecule has 0 saturated carbocycles. The molecule has 0 unspecified atom stereocenters. The van der Waals surface area contributed by atoms with Crippen LogP contribution < -0.4 is 10.1 Å². The van der Waals surface area contributed by atoms with E-state index in [9.17, 15) is 4.79 Å². The topological polar surface area (TPSA) is 51.2 Å². The van der Waals surface area contributed by atoms with Crippen LogP contribution in [0.5, 0.6) is 5.75 Å². The summed E-state index contributed by atoms with van der Waals surface area (Å²) in [5.41, 5.74) is 1.77. The Morgan fingerprint density at radius 3 is 2.85 bits per heavy atom. The molecule has 2 aromatic rings. The van der Waals surface area contributed by atoms with Crippen LogP contribution in [0.3, 0.4) is 0 Å². The highest BCUT2D eigenvalue weighted by atomic mass is 35.5. The Kier molecular flexibility index (Phi) is 4.62. The SMILES string of the molecule is COc1ccc(-c2nc(C)sc2CNC(C)=O)cc1Cl. The number of hydrogen-bond acceptors (Lipinski definition) is 4. The number of aryl methyl sites for hydroxylation is 1. The predicted molar refractivity (Wildman–Crippen MR) is 81.4 cm³/mol. The second-order valence-corrected chi connectivity index (χ2v) is 5.96. The summed E-state index contributed by atoms with van der Waals surface area (Å²) in [6.45, 7) is 3.91. The van der Waals surface area contributed by atoms with Gasteiger partial charge in [-0.05, 0) is 25.1 Å². The fourth-order valence-electron chi connectivity index (χ4n) is 1.83. The number of rotatable bonds is 4. The fraction of sp³-hybridized carbons (Fsp3) is 0.286. The van der Waals surface area contributed by atoms with Gasteiger partial charge in [0.1, 0.15) is 5.75 Å². The smallest absolute Gasteiger partial charge is 0.217 e. The Morgan fingerprint density at radius 1 is 1.50 bits per heavy atom. The number of methoxy groups -OCH3 is 1. The van der Waals surface area contributed by atoms with E-state index < -0.39 is 0 Å². The van der Waals surface area contributed by atoms with Crippen LogP contribution in [0.15, 0.2) is 18.2 Å². The molecule has 1 aromatic heterocycles. The van der Waals surface area contributed by atoms with E-state index in [1.54, 1.807) is 18.4 Å². The highest BCUT2D eigenvalue weighted by Crippen LogP contribution is 2.33.